The zero-order valence-electron chi connectivity index (χ0n) is 24.1. The zero-order valence-corrected chi connectivity index (χ0v) is 24.9. The number of rotatable bonds is 13. The van der Waals surface area contributed by atoms with E-state index in [-0.39, 0.29) is 28.9 Å². The molecule has 0 heterocycles. The molecule has 0 saturated heterocycles. The third kappa shape index (κ3) is 14.1. The standard InChI is InChI=1S/C19H29NO4S.C10H11F.C2H6/c1-5-13-20(16(4)6-2)14-8-15-25(22,23)18-11-9-17(10-12-18)24-19(21)7-3;1-8(2)7-9-3-5-10(11)6-4-9;1-2/h9-12H,4-8,13-15H2,1-3H3;3-6H,1,7H2,2H3;1-2H3. The fraction of sp³-hybridized carbons (Fsp3) is 0.452. The largest absolute Gasteiger partial charge is 0.427 e. The van der Waals surface area contributed by atoms with E-state index in [4.69, 9.17) is 4.74 Å². The highest BCUT2D eigenvalue weighted by Crippen LogP contribution is 2.19. The first-order valence-corrected chi connectivity index (χ1v) is 15.0. The van der Waals surface area contributed by atoms with E-state index in [9.17, 15) is 17.6 Å². The summed E-state index contributed by atoms with van der Waals surface area (Å²) in [6, 6.07) is 12.5. The van der Waals surface area contributed by atoms with Crippen molar-refractivity contribution < 1.29 is 22.3 Å². The molecule has 0 aromatic heterocycles. The van der Waals surface area contributed by atoms with Crippen LogP contribution in [0.3, 0.4) is 0 Å². The molecule has 0 N–H and O–H groups in total. The van der Waals surface area contributed by atoms with Crippen LogP contribution in [0.5, 0.6) is 5.75 Å². The molecule has 0 radical (unpaired) electrons. The van der Waals surface area contributed by atoms with Crippen molar-refractivity contribution in [3.8, 4) is 5.75 Å². The van der Waals surface area contributed by atoms with Crippen molar-refractivity contribution in [2.24, 2.45) is 0 Å². The Morgan fingerprint density at radius 3 is 1.97 bits per heavy atom. The molecule has 2 rings (SSSR count). The highest BCUT2D eigenvalue weighted by Gasteiger charge is 2.16. The number of carbonyl (C=O) groups excluding carboxylic acids is 1. The number of benzene rings is 2. The van der Waals surface area contributed by atoms with Crippen molar-refractivity contribution in [1.82, 2.24) is 4.90 Å². The number of nitrogens with zero attached hydrogens (tertiary/aromatic N) is 1. The molecule has 2 aromatic rings. The second kappa shape index (κ2) is 19.2. The summed E-state index contributed by atoms with van der Waals surface area (Å²) in [5.41, 5.74) is 3.25. The van der Waals surface area contributed by atoms with Gasteiger partial charge in [0.1, 0.15) is 11.6 Å². The highest BCUT2D eigenvalue weighted by molar-refractivity contribution is 7.91. The van der Waals surface area contributed by atoms with Crippen molar-refractivity contribution in [2.45, 2.75) is 78.5 Å². The van der Waals surface area contributed by atoms with Crippen LogP contribution in [0.15, 0.2) is 77.9 Å². The van der Waals surface area contributed by atoms with E-state index in [0.717, 1.165) is 42.6 Å². The molecule has 0 aliphatic carbocycles. The van der Waals surface area contributed by atoms with Gasteiger partial charge in [0.05, 0.1) is 10.6 Å². The molecule has 212 valence electrons. The number of allylic oxidation sites excluding steroid dienone is 2. The summed E-state index contributed by atoms with van der Waals surface area (Å²) in [6.45, 7) is 21.2. The average Bonchev–Trinajstić information content (AvgIpc) is 2.90. The first kappa shape index (κ1) is 35.1. The summed E-state index contributed by atoms with van der Waals surface area (Å²) in [6.07, 6.45) is 3.53. The molecule has 7 heteroatoms. The van der Waals surface area contributed by atoms with Gasteiger partial charge in [-0.1, -0.05) is 65.5 Å². The molecule has 2 aromatic carbocycles. The van der Waals surface area contributed by atoms with E-state index in [1.165, 1.54) is 36.4 Å². The molecule has 5 nitrogen and oxygen atoms in total. The van der Waals surface area contributed by atoms with Crippen molar-refractivity contribution in [3.05, 3.63) is 84.3 Å². The van der Waals surface area contributed by atoms with Crippen molar-refractivity contribution in [3.63, 3.8) is 0 Å². The van der Waals surface area contributed by atoms with Crippen LogP contribution in [0.25, 0.3) is 0 Å². The van der Waals surface area contributed by atoms with Gasteiger partial charge in [-0.15, -0.1) is 0 Å². The first-order chi connectivity index (χ1) is 18.0. The molecule has 0 saturated carbocycles. The Kier molecular flexibility index (Phi) is 17.7. The normalized spacial score (nSPS) is 10.3. The van der Waals surface area contributed by atoms with Crippen molar-refractivity contribution in [1.29, 1.82) is 0 Å². The van der Waals surface area contributed by atoms with Crippen LogP contribution in [0.2, 0.25) is 0 Å². The minimum atomic E-state index is -3.35. The van der Waals surface area contributed by atoms with Crippen molar-refractivity contribution in [2.75, 3.05) is 18.8 Å². The molecule has 0 aliphatic heterocycles. The van der Waals surface area contributed by atoms with E-state index in [0.29, 0.717) is 18.7 Å². The number of ether oxygens (including phenoxy) is 1. The predicted octanol–water partition coefficient (Wildman–Crippen LogP) is 7.77. The molecule has 0 unspecified atom stereocenters. The van der Waals surface area contributed by atoms with E-state index in [1.807, 2.05) is 20.8 Å². The minimum absolute atomic E-state index is 0.0816. The second-order valence-corrected chi connectivity index (χ2v) is 10.7. The van der Waals surface area contributed by atoms with E-state index >= 15 is 0 Å². The maximum atomic E-state index is 12.5. The van der Waals surface area contributed by atoms with Gasteiger partial charge in [0, 0.05) is 25.2 Å². The van der Waals surface area contributed by atoms with Gasteiger partial charge in [0.25, 0.3) is 0 Å². The van der Waals surface area contributed by atoms with E-state index in [2.05, 4.69) is 31.9 Å². The number of halogens is 1. The summed E-state index contributed by atoms with van der Waals surface area (Å²) in [5, 5.41) is 0. The average molecular weight is 548 g/mol. The first-order valence-electron chi connectivity index (χ1n) is 13.4. The summed E-state index contributed by atoms with van der Waals surface area (Å²) in [4.78, 5) is 13.7. The number of hydrogen-bond acceptors (Lipinski definition) is 5. The smallest absolute Gasteiger partial charge is 0.310 e. The molecular weight excluding hydrogens is 501 g/mol. The Morgan fingerprint density at radius 2 is 1.50 bits per heavy atom. The minimum Gasteiger partial charge on any atom is -0.427 e. The Balaban J connectivity index is 0.000000873. The van der Waals surface area contributed by atoms with Crippen LogP contribution in [-0.2, 0) is 21.1 Å². The highest BCUT2D eigenvalue weighted by atomic mass is 32.2. The molecular formula is C31H46FNO4S. The molecule has 0 amide bonds. The maximum Gasteiger partial charge on any atom is 0.310 e. The van der Waals surface area contributed by atoms with Crippen LogP contribution in [0.4, 0.5) is 4.39 Å². The lowest BCUT2D eigenvalue weighted by atomic mass is 10.1. The molecule has 0 fully saturated rings. The lowest BCUT2D eigenvalue weighted by Gasteiger charge is -2.25. The lowest BCUT2D eigenvalue weighted by molar-refractivity contribution is -0.134. The Hall–Kier alpha value is -2.93. The lowest BCUT2D eigenvalue weighted by Crippen LogP contribution is -2.26. The molecule has 0 atom stereocenters. The number of carbonyl (C=O) groups is 1. The number of esters is 1. The quantitative estimate of drug-likeness (QED) is 0.146. The molecule has 0 spiro atoms. The fourth-order valence-corrected chi connectivity index (χ4v) is 4.65. The molecule has 38 heavy (non-hydrogen) atoms. The van der Waals surface area contributed by atoms with Crippen molar-refractivity contribution >= 4 is 15.8 Å². The predicted molar refractivity (Wildman–Crippen MR) is 157 cm³/mol. The van der Waals surface area contributed by atoms with Gasteiger partial charge in [-0.2, -0.15) is 0 Å². The Morgan fingerprint density at radius 1 is 0.921 bits per heavy atom. The maximum absolute atomic E-state index is 12.5. The Labute approximate surface area is 230 Å². The van der Waals surface area contributed by atoms with Crippen LogP contribution in [0.1, 0.15) is 72.8 Å². The number of hydrogen-bond donors (Lipinski definition) is 0. The van der Waals surface area contributed by atoms with Crippen LogP contribution < -0.4 is 4.74 Å². The third-order valence-corrected chi connectivity index (χ3v) is 7.13. The summed E-state index contributed by atoms with van der Waals surface area (Å²) in [5.74, 6) is -0.0874. The molecule has 0 bridgehead atoms. The summed E-state index contributed by atoms with van der Waals surface area (Å²) >= 11 is 0. The van der Waals surface area contributed by atoms with E-state index in [1.54, 1.807) is 19.1 Å². The van der Waals surface area contributed by atoms with E-state index < -0.39 is 9.84 Å². The summed E-state index contributed by atoms with van der Waals surface area (Å²) in [7, 11) is -3.35. The van der Waals surface area contributed by atoms with Gasteiger partial charge in [-0.05, 0) is 74.6 Å². The third-order valence-electron chi connectivity index (χ3n) is 5.31. The second-order valence-electron chi connectivity index (χ2n) is 8.64. The van der Waals surface area contributed by atoms with Gasteiger partial charge in [-0.25, -0.2) is 12.8 Å². The van der Waals surface area contributed by atoms with Gasteiger partial charge in [0.15, 0.2) is 9.84 Å². The van der Waals surface area contributed by atoms with Crippen LogP contribution in [0, 0.1) is 5.82 Å². The fourth-order valence-electron chi connectivity index (χ4n) is 3.35. The Bertz CT molecular complexity index is 1080. The van der Waals surface area contributed by atoms with Gasteiger partial charge in [0.2, 0.25) is 0 Å². The summed E-state index contributed by atoms with van der Waals surface area (Å²) < 4.78 is 42.4. The topological polar surface area (TPSA) is 63.7 Å². The molecule has 0 aliphatic rings. The zero-order chi connectivity index (χ0) is 29.1. The van der Waals surface area contributed by atoms with Crippen LogP contribution >= 0.6 is 0 Å². The number of sulfone groups is 1. The van der Waals surface area contributed by atoms with Gasteiger partial charge < -0.3 is 9.64 Å². The van der Waals surface area contributed by atoms with Gasteiger partial charge >= 0.3 is 5.97 Å². The van der Waals surface area contributed by atoms with Crippen LogP contribution in [-0.4, -0.2) is 38.1 Å². The monoisotopic (exact) mass is 547 g/mol. The SMILES string of the molecule is C=C(C)Cc1ccc(F)cc1.C=C(CC)N(CCC)CCCS(=O)(=O)c1ccc(OC(=O)CC)cc1.CC. The van der Waals surface area contributed by atoms with Gasteiger partial charge in [-0.3, -0.25) is 4.79 Å².